The van der Waals surface area contributed by atoms with E-state index in [9.17, 15) is 18.4 Å². The van der Waals surface area contributed by atoms with Crippen molar-refractivity contribution < 1.29 is 18.4 Å². The van der Waals surface area contributed by atoms with Crippen LogP contribution in [0.4, 0.5) is 8.78 Å². The van der Waals surface area contributed by atoms with Crippen molar-refractivity contribution in [3.63, 3.8) is 0 Å². The minimum Gasteiger partial charge on any atom is -0.366 e. The SMILES string of the molecule is NC(=O)c1ccccc1C(=O)N(Cc1ccc(F)cc1)Cc1ccc(F)cc1. The standard InChI is InChI=1S/C22H18F2N2O2/c23-17-9-5-15(6-10-17)13-26(14-16-7-11-18(24)12-8-16)22(28)20-4-2-1-3-19(20)21(25)27/h1-12H,13-14H2,(H2,25,27). The molecule has 0 radical (unpaired) electrons. The third kappa shape index (κ3) is 4.59. The number of nitrogens with zero attached hydrogens (tertiary/aromatic N) is 1. The molecule has 6 heteroatoms. The van der Waals surface area contributed by atoms with Crippen LogP contribution in [0.15, 0.2) is 72.8 Å². The lowest BCUT2D eigenvalue weighted by Crippen LogP contribution is -2.32. The highest BCUT2D eigenvalue weighted by molar-refractivity contribution is 6.06. The Morgan fingerprint density at radius 1 is 0.714 bits per heavy atom. The molecule has 4 nitrogen and oxygen atoms in total. The van der Waals surface area contributed by atoms with E-state index in [-0.39, 0.29) is 35.9 Å². The molecule has 0 aliphatic heterocycles. The van der Waals surface area contributed by atoms with Gasteiger partial charge < -0.3 is 10.6 Å². The summed E-state index contributed by atoms with van der Waals surface area (Å²) in [7, 11) is 0. The van der Waals surface area contributed by atoms with E-state index in [4.69, 9.17) is 5.73 Å². The predicted molar refractivity (Wildman–Crippen MR) is 101 cm³/mol. The van der Waals surface area contributed by atoms with Crippen LogP contribution in [0, 0.1) is 11.6 Å². The van der Waals surface area contributed by atoms with E-state index in [1.165, 1.54) is 41.3 Å². The lowest BCUT2D eigenvalue weighted by atomic mass is 10.0. The second kappa shape index (κ2) is 8.43. The van der Waals surface area contributed by atoms with Gasteiger partial charge >= 0.3 is 0 Å². The third-order valence-corrected chi connectivity index (χ3v) is 4.28. The van der Waals surface area contributed by atoms with Crippen LogP contribution in [-0.2, 0) is 13.1 Å². The molecule has 3 rings (SSSR count). The lowest BCUT2D eigenvalue weighted by molar-refractivity contribution is 0.0725. The van der Waals surface area contributed by atoms with Gasteiger partial charge in [-0.05, 0) is 47.5 Å². The topological polar surface area (TPSA) is 63.4 Å². The number of carbonyl (C=O) groups is 2. The monoisotopic (exact) mass is 380 g/mol. The summed E-state index contributed by atoms with van der Waals surface area (Å²) in [6, 6.07) is 17.9. The summed E-state index contributed by atoms with van der Waals surface area (Å²) in [4.78, 5) is 26.4. The number of nitrogens with two attached hydrogens (primary N) is 1. The number of primary amides is 1. The Labute approximate surface area is 161 Å². The van der Waals surface area contributed by atoms with E-state index in [0.29, 0.717) is 11.1 Å². The zero-order valence-electron chi connectivity index (χ0n) is 14.9. The van der Waals surface area contributed by atoms with Crippen molar-refractivity contribution in [3.05, 3.63) is 107 Å². The highest BCUT2D eigenvalue weighted by Gasteiger charge is 2.21. The molecule has 0 heterocycles. The van der Waals surface area contributed by atoms with Crippen LogP contribution in [-0.4, -0.2) is 16.7 Å². The van der Waals surface area contributed by atoms with E-state index >= 15 is 0 Å². The molecule has 142 valence electrons. The molecule has 28 heavy (non-hydrogen) atoms. The van der Waals surface area contributed by atoms with Gasteiger partial charge in [0.15, 0.2) is 0 Å². The molecule has 0 saturated heterocycles. The molecule has 2 N–H and O–H groups in total. The minimum atomic E-state index is -0.701. The molecule has 3 aromatic carbocycles. The number of hydrogen-bond acceptors (Lipinski definition) is 2. The van der Waals surface area contributed by atoms with Crippen LogP contribution in [0.25, 0.3) is 0 Å². The second-order valence-electron chi connectivity index (χ2n) is 6.32. The fourth-order valence-electron chi connectivity index (χ4n) is 2.87. The summed E-state index contributed by atoms with van der Waals surface area (Å²) in [5, 5.41) is 0. The maximum Gasteiger partial charge on any atom is 0.255 e. The van der Waals surface area contributed by atoms with Crippen molar-refractivity contribution in [2.24, 2.45) is 5.73 Å². The summed E-state index contributed by atoms with van der Waals surface area (Å²) < 4.78 is 26.4. The first-order valence-electron chi connectivity index (χ1n) is 8.61. The quantitative estimate of drug-likeness (QED) is 0.705. The predicted octanol–water partition coefficient (Wildman–Crippen LogP) is 3.91. The number of benzene rings is 3. The highest BCUT2D eigenvalue weighted by Crippen LogP contribution is 2.18. The van der Waals surface area contributed by atoms with E-state index in [1.54, 1.807) is 36.4 Å². The Hall–Kier alpha value is -3.54. The van der Waals surface area contributed by atoms with Crippen molar-refractivity contribution in [1.82, 2.24) is 4.90 Å². The Bertz CT molecular complexity index is 939. The number of carbonyl (C=O) groups excluding carboxylic acids is 2. The first-order valence-corrected chi connectivity index (χ1v) is 8.61. The normalized spacial score (nSPS) is 10.5. The van der Waals surface area contributed by atoms with Gasteiger partial charge in [-0.2, -0.15) is 0 Å². The molecule has 0 unspecified atom stereocenters. The van der Waals surface area contributed by atoms with Crippen LogP contribution in [0.5, 0.6) is 0 Å². The molecule has 0 atom stereocenters. The first-order chi connectivity index (χ1) is 13.4. The van der Waals surface area contributed by atoms with Crippen LogP contribution < -0.4 is 5.73 Å². The largest absolute Gasteiger partial charge is 0.366 e. The van der Waals surface area contributed by atoms with Gasteiger partial charge in [0, 0.05) is 13.1 Å². The van der Waals surface area contributed by atoms with E-state index in [1.807, 2.05) is 0 Å². The van der Waals surface area contributed by atoms with Crippen molar-refractivity contribution in [3.8, 4) is 0 Å². The van der Waals surface area contributed by atoms with Crippen molar-refractivity contribution in [2.45, 2.75) is 13.1 Å². The van der Waals surface area contributed by atoms with Crippen LogP contribution in [0.2, 0.25) is 0 Å². The Morgan fingerprint density at radius 2 is 1.14 bits per heavy atom. The molecule has 0 bridgehead atoms. The summed E-state index contributed by atoms with van der Waals surface area (Å²) in [5.74, 6) is -1.85. The average molecular weight is 380 g/mol. The fraction of sp³-hybridized carbons (Fsp3) is 0.0909. The Kier molecular flexibility index (Phi) is 5.79. The molecule has 0 saturated carbocycles. The van der Waals surface area contributed by atoms with Crippen LogP contribution in [0.1, 0.15) is 31.8 Å². The molecular weight excluding hydrogens is 362 g/mol. The van der Waals surface area contributed by atoms with Gasteiger partial charge in [0.05, 0.1) is 11.1 Å². The van der Waals surface area contributed by atoms with Gasteiger partial charge in [-0.1, -0.05) is 36.4 Å². The highest BCUT2D eigenvalue weighted by atomic mass is 19.1. The number of amides is 2. The van der Waals surface area contributed by atoms with Crippen molar-refractivity contribution in [2.75, 3.05) is 0 Å². The van der Waals surface area contributed by atoms with Crippen molar-refractivity contribution >= 4 is 11.8 Å². The van der Waals surface area contributed by atoms with Gasteiger partial charge in [0.2, 0.25) is 5.91 Å². The van der Waals surface area contributed by atoms with E-state index in [2.05, 4.69) is 0 Å². The van der Waals surface area contributed by atoms with Crippen LogP contribution >= 0.6 is 0 Å². The lowest BCUT2D eigenvalue weighted by Gasteiger charge is -2.24. The van der Waals surface area contributed by atoms with Gasteiger partial charge in [0.1, 0.15) is 11.6 Å². The smallest absolute Gasteiger partial charge is 0.255 e. The van der Waals surface area contributed by atoms with Gasteiger partial charge in [-0.3, -0.25) is 9.59 Å². The molecule has 0 aliphatic carbocycles. The minimum absolute atomic E-state index is 0.121. The molecule has 0 aliphatic rings. The molecule has 3 aromatic rings. The molecule has 2 amide bonds. The maximum absolute atomic E-state index is 13.2. The maximum atomic E-state index is 13.2. The number of rotatable bonds is 6. The average Bonchev–Trinajstić information content (AvgIpc) is 2.70. The number of hydrogen-bond donors (Lipinski definition) is 1. The van der Waals surface area contributed by atoms with Crippen molar-refractivity contribution in [1.29, 1.82) is 0 Å². The second-order valence-corrected chi connectivity index (χ2v) is 6.32. The molecule has 0 spiro atoms. The summed E-state index contributed by atoms with van der Waals surface area (Å²) in [5.41, 5.74) is 7.13. The van der Waals surface area contributed by atoms with Gasteiger partial charge in [-0.25, -0.2) is 8.78 Å². The summed E-state index contributed by atoms with van der Waals surface area (Å²) >= 11 is 0. The molecule has 0 fully saturated rings. The van der Waals surface area contributed by atoms with E-state index < -0.39 is 11.8 Å². The summed E-state index contributed by atoms with van der Waals surface area (Å²) in [6.45, 7) is 0.368. The third-order valence-electron chi connectivity index (χ3n) is 4.28. The zero-order chi connectivity index (χ0) is 20.1. The Morgan fingerprint density at radius 3 is 1.57 bits per heavy atom. The van der Waals surface area contributed by atoms with Gasteiger partial charge in [0.25, 0.3) is 5.91 Å². The molecular formula is C22H18F2N2O2. The Balaban J connectivity index is 1.94. The zero-order valence-corrected chi connectivity index (χ0v) is 14.9. The van der Waals surface area contributed by atoms with Crippen LogP contribution in [0.3, 0.4) is 0 Å². The molecule has 0 aromatic heterocycles. The van der Waals surface area contributed by atoms with E-state index in [0.717, 1.165) is 0 Å². The summed E-state index contributed by atoms with van der Waals surface area (Å²) in [6.07, 6.45) is 0. The van der Waals surface area contributed by atoms with Gasteiger partial charge in [-0.15, -0.1) is 0 Å². The number of halogens is 2. The fourth-order valence-corrected chi connectivity index (χ4v) is 2.87. The first kappa shape index (κ1) is 19.2.